The average Bonchev–Trinajstić information content (AvgIpc) is 3.24. The van der Waals surface area contributed by atoms with Crippen molar-refractivity contribution < 1.29 is 17.7 Å². The van der Waals surface area contributed by atoms with E-state index in [-0.39, 0.29) is 16.8 Å². The first-order valence-corrected chi connectivity index (χ1v) is 10.2. The highest BCUT2D eigenvalue weighted by Crippen LogP contribution is 2.24. The van der Waals surface area contributed by atoms with Crippen LogP contribution in [0.1, 0.15) is 31.2 Å². The van der Waals surface area contributed by atoms with Gasteiger partial charge in [-0.15, -0.1) is 0 Å². The maximum Gasteiger partial charge on any atom is 0.248 e. The number of aryl methyl sites for hydroxylation is 2. The van der Waals surface area contributed by atoms with Crippen molar-refractivity contribution in [1.29, 1.82) is 0 Å². The lowest BCUT2D eigenvalue weighted by molar-refractivity contribution is -0.135. The van der Waals surface area contributed by atoms with Crippen LogP contribution in [0.3, 0.4) is 0 Å². The number of aromatic nitrogens is 1. The Kier molecular flexibility index (Phi) is 5.17. The Morgan fingerprint density at radius 2 is 1.68 bits per heavy atom. The Bertz CT molecular complexity index is 712. The van der Waals surface area contributed by atoms with E-state index >= 15 is 0 Å². The molecule has 1 amide bonds. The summed E-state index contributed by atoms with van der Waals surface area (Å²) in [4.78, 5) is 16.7. The third-order valence-electron chi connectivity index (χ3n) is 5.16. The van der Waals surface area contributed by atoms with Crippen molar-refractivity contribution in [3.8, 4) is 0 Å². The Labute approximate surface area is 148 Å². The summed E-state index contributed by atoms with van der Waals surface area (Å²) in [5.41, 5.74) is 0.387. The van der Waals surface area contributed by atoms with Crippen LogP contribution in [-0.4, -0.2) is 78.9 Å². The molecule has 2 aliphatic rings. The molecule has 2 saturated heterocycles. The molecule has 140 valence electrons. The third-order valence-corrected chi connectivity index (χ3v) is 7.31. The van der Waals surface area contributed by atoms with Gasteiger partial charge in [0.05, 0.1) is 6.04 Å². The quantitative estimate of drug-likeness (QED) is 0.772. The minimum atomic E-state index is -3.61. The van der Waals surface area contributed by atoms with Crippen molar-refractivity contribution in [2.24, 2.45) is 0 Å². The van der Waals surface area contributed by atoms with E-state index in [9.17, 15) is 13.2 Å². The molecule has 1 atom stereocenters. The van der Waals surface area contributed by atoms with Crippen LogP contribution in [0.15, 0.2) is 9.42 Å². The van der Waals surface area contributed by atoms with E-state index in [1.54, 1.807) is 13.8 Å². The second kappa shape index (κ2) is 7.05. The molecule has 0 N–H and O–H groups in total. The minimum Gasteiger partial charge on any atom is -0.360 e. The molecule has 0 aliphatic carbocycles. The zero-order valence-electron chi connectivity index (χ0n) is 15.1. The van der Waals surface area contributed by atoms with Crippen molar-refractivity contribution >= 4 is 15.9 Å². The van der Waals surface area contributed by atoms with Crippen molar-refractivity contribution in [3.05, 3.63) is 11.5 Å². The van der Waals surface area contributed by atoms with Gasteiger partial charge in [0.2, 0.25) is 15.9 Å². The Balaban J connectivity index is 1.64. The van der Waals surface area contributed by atoms with Gasteiger partial charge in [0.1, 0.15) is 10.6 Å². The lowest BCUT2D eigenvalue weighted by atomic mass is 10.2. The van der Waals surface area contributed by atoms with E-state index in [2.05, 4.69) is 10.1 Å². The molecule has 9 heteroatoms. The molecule has 25 heavy (non-hydrogen) atoms. The van der Waals surface area contributed by atoms with Crippen LogP contribution >= 0.6 is 0 Å². The molecule has 2 fully saturated rings. The fourth-order valence-corrected chi connectivity index (χ4v) is 5.37. The summed E-state index contributed by atoms with van der Waals surface area (Å²) in [6, 6.07) is -0.206. The number of hydrogen-bond donors (Lipinski definition) is 0. The number of rotatable bonds is 4. The van der Waals surface area contributed by atoms with Crippen molar-refractivity contribution in [1.82, 2.24) is 19.3 Å². The van der Waals surface area contributed by atoms with Gasteiger partial charge in [-0.3, -0.25) is 9.69 Å². The van der Waals surface area contributed by atoms with Crippen LogP contribution in [-0.2, 0) is 14.8 Å². The van der Waals surface area contributed by atoms with Crippen molar-refractivity contribution in [2.75, 3.05) is 39.3 Å². The number of amides is 1. The van der Waals surface area contributed by atoms with Crippen LogP contribution in [0.4, 0.5) is 0 Å². The standard InChI is InChI=1S/C16H26N4O4S/c1-12-15(14(3)24-17-12)25(22,23)20-10-8-18(9-11-20)13(2)16(21)19-6-4-5-7-19/h13H,4-11H2,1-3H3/t13-/m1/s1. The first kappa shape index (κ1) is 18.3. The molecule has 0 saturated carbocycles. The molecular weight excluding hydrogens is 344 g/mol. The molecule has 0 aromatic carbocycles. The van der Waals surface area contributed by atoms with E-state index in [0.717, 1.165) is 25.9 Å². The van der Waals surface area contributed by atoms with Gasteiger partial charge in [-0.25, -0.2) is 8.42 Å². The van der Waals surface area contributed by atoms with Gasteiger partial charge in [-0.05, 0) is 33.6 Å². The predicted octanol–water partition coefficient (Wildman–Crippen LogP) is 0.609. The zero-order chi connectivity index (χ0) is 18.2. The summed E-state index contributed by atoms with van der Waals surface area (Å²) in [7, 11) is -3.61. The van der Waals surface area contributed by atoms with Crippen LogP contribution in [0, 0.1) is 13.8 Å². The second-order valence-corrected chi connectivity index (χ2v) is 8.68. The third kappa shape index (κ3) is 3.45. The largest absolute Gasteiger partial charge is 0.360 e. The van der Waals surface area contributed by atoms with Gasteiger partial charge in [0.25, 0.3) is 0 Å². The summed E-state index contributed by atoms with van der Waals surface area (Å²) >= 11 is 0. The molecule has 0 spiro atoms. The van der Waals surface area contributed by atoms with Crippen LogP contribution in [0.25, 0.3) is 0 Å². The summed E-state index contributed by atoms with van der Waals surface area (Å²) in [6.07, 6.45) is 2.14. The van der Waals surface area contributed by atoms with Crippen LogP contribution in [0.2, 0.25) is 0 Å². The van der Waals surface area contributed by atoms with E-state index in [0.29, 0.717) is 37.6 Å². The number of sulfonamides is 1. The van der Waals surface area contributed by atoms with E-state index in [1.165, 1.54) is 4.31 Å². The minimum absolute atomic E-state index is 0.152. The number of carbonyl (C=O) groups excluding carboxylic acids is 1. The van der Waals surface area contributed by atoms with Crippen LogP contribution < -0.4 is 0 Å². The molecule has 1 aromatic rings. The average molecular weight is 370 g/mol. The Morgan fingerprint density at radius 1 is 1.08 bits per heavy atom. The molecule has 8 nitrogen and oxygen atoms in total. The zero-order valence-corrected chi connectivity index (χ0v) is 15.9. The van der Waals surface area contributed by atoms with Gasteiger partial charge in [-0.2, -0.15) is 4.31 Å². The molecule has 0 radical (unpaired) electrons. The summed E-state index contributed by atoms with van der Waals surface area (Å²) < 4.78 is 32.1. The number of nitrogens with zero attached hydrogens (tertiary/aromatic N) is 4. The molecule has 0 unspecified atom stereocenters. The normalized spacial score (nSPS) is 21.6. The SMILES string of the molecule is Cc1noc(C)c1S(=O)(=O)N1CCN([C@H](C)C(=O)N2CCCC2)CC1. The van der Waals surface area contributed by atoms with Gasteiger partial charge in [0.15, 0.2) is 5.76 Å². The molecule has 0 bridgehead atoms. The van der Waals surface area contributed by atoms with E-state index in [1.807, 2.05) is 11.8 Å². The first-order chi connectivity index (χ1) is 11.8. The lowest BCUT2D eigenvalue weighted by Gasteiger charge is -2.37. The monoisotopic (exact) mass is 370 g/mol. The fraction of sp³-hybridized carbons (Fsp3) is 0.750. The summed E-state index contributed by atoms with van der Waals surface area (Å²) in [5, 5.41) is 3.75. The topological polar surface area (TPSA) is 87.0 Å². The van der Waals surface area contributed by atoms with Gasteiger partial charge in [0, 0.05) is 39.3 Å². The molecule has 1 aromatic heterocycles. The number of likely N-dealkylation sites (tertiary alicyclic amines) is 1. The maximum absolute atomic E-state index is 12.8. The van der Waals surface area contributed by atoms with Gasteiger partial charge in [-0.1, -0.05) is 5.16 Å². The summed E-state index contributed by atoms with van der Waals surface area (Å²) in [5.74, 6) is 0.469. The highest BCUT2D eigenvalue weighted by molar-refractivity contribution is 7.89. The number of piperazine rings is 1. The number of carbonyl (C=O) groups is 1. The highest BCUT2D eigenvalue weighted by atomic mass is 32.2. The Morgan fingerprint density at radius 3 is 2.20 bits per heavy atom. The molecular formula is C16H26N4O4S. The summed E-state index contributed by atoms with van der Waals surface area (Å²) in [6.45, 7) is 8.66. The van der Waals surface area contributed by atoms with Gasteiger partial charge < -0.3 is 9.42 Å². The number of hydrogen-bond acceptors (Lipinski definition) is 6. The predicted molar refractivity (Wildman–Crippen MR) is 91.6 cm³/mol. The first-order valence-electron chi connectivity index (χ1n) is 8.78. The maximum atomic E-state index is 12.8. The van der Waals surface area contributed by atoms with Crippen molar-refractivity contribution in [2.45, 2.75) is 44.6 Å². The Hall–Kier alpha value is -1.45. The lowest BCUT2D eigenvalue weighted by Crippen LogP contribution is -2.55. The molecule has 3 rings (SSSR count). The van der Waals surface area contributed by atoms with E-state index in [4.69, 9.17) is 4.52 Å². The van der Waals surface area contributed by atoms with Crippen LogP contribution in [0.5, 0.6) is 0 Å². The van der Waals surface area contributed by atoms with Crippen molar-refractivity contribution in [3.63, 3.8) is 0 Å². The molecule has 2 aliphatic heterocycles. The smallest absolute Gasteiger partial charge is 0.248 e. The van der Waals surface area contributed by atoms with E-state index < -0.39 is 10.0 Å². The molecule has 3 heterocycles. The van der Waals surface area contributed by atoms with Gasteiger partial charge >= 0.3 is 0 Å². The second-order valence-electron chi connectivity index (χ2n) is 6.80. The fourth-order valence-electron chi connectivity index (χ4n) is 3.66. The highest BCUT2D eigenvalue weighted by Gasteiger charge is 2.36.